The summed E-state index contributed by atoms with van der Waals surface area (Å²) in [5.74, 6) is 0. The Kier molecular flexibility index (Phi) is 2.85. The van der Waals surface area contributed by atoms with E-state index in [1.54, 1.807) is 11.3 Å². The van der Waals surface area contributed by atoms with E-state index in [4.69, 9.17) is 11.6 Å². The molecule has 0 N–H and O–H groups in total. The van der Waals surface area contributed by atoms with Crippen molar-refractivity contribution in [3.63, 3.8) is 0 Å². The SMILES string of the molecule is Cc1cnc(Cc2ccccc2Cl)s1. The highest BCUT2D eigenvalue weighted by atomic mass is 35.5. The Morgan fingerprint density at radius 3 is 2.79 bits per heavy atom. The second-order valence-corrected chi connectivity index (χ2v) is 4.86. The fourth-order valence-corrected chi connectivity index (χ4v) is 2.30. The zero-order valence-electron chi connectivity index (χ0n) is 7.83. The van der Waals surface area contributed by atoms with Crippen molar-refractivity contribution in [2.24, 2.45) is 0 Å². The van der Waals surface area contributed by atoms with Gasteiger partial charge in [-0.2, -0.15) is 0 Å². The number of aromatic nitrogens is 1. The van der Waals surface area contributed by atoms with Gasteiger partial charge in [-0.05, 0) is 18.6 Å². The largest absolute Gasteiger partial charge is 0.249 e. The van der Waals surface area contributed by atoms with Crippen LogP contribution >= 0.6 is 22.9 Å². The molecule has 0 unspecified atom stereocenters. The Hall–Kier alpha value is -0.860. The van der Waals surface area contributed by atoms with Crippen molar-refractivity contribution in [3.05, 3.63) is 50.9 Å². The van der Waals surface area contributed by atoms with E-state index < -0.39 is 0 Å². The van der Waals surface area contributed by atoms with Crippen LogP contribution in [0.1, 0.15) is 15.4 Å². The molecule has 0 fully saturated rings. The van der Waals surface area contributed by atoms with E-state index in [0.717, 1.165) is 22.0 Å². The van der Waals surface area contributed by atoms with Gasteiger partial charge in [0.2, 0.25) is 0 Å². The predicted molar refractivity (Wildman–Crippen MR) is 61.1 cm³/mol. The maximum atomic E-state index is 6.06. The Balaban J connectivity index is 2.23. The lowest BCUT2D eigenvalue weighted by Crippen LogP contribution is -1.87. The van der Waals surface area contributed by atoms with Gasteiger partial charge < -0.3 is 0 Å². The van der Waals surface area contributed by atoms with Crippen molar-refractivity contribution in [1.29, 1.82) is 0 Å². The molecule has 1 nitrogen and oxygen atoms in total. The van der Waals surface area contributed by atoms with E-state index in [1.165, 1.54) is 4.88 Å². The van der Waals surface area contributed by atoms with E-state index >= 15 is 0 Å². The van der Waals surface area contributed by atoms with Gasteiger partial charge in [-0.3, -0.25) is 0 Å². The summed E-state index contributed by atoms with van der Waals surface area (Å²) in [7, 11) is 0. The molecule has 1 aromatic heterocycles. The van der Waals surface area contributed by atoms with Crippen molar-refractivity contribution in [3.8, 4) is 0 Å². The van der Waals surface area contributed by atoms with Crippen molar-refractivity contribution < 1.29 is 0 Å². The summed E-state index contributed by atoms with van der Waals surface area (Å²) in [5, 5.41) is 1.94. The second kappa shape index (κ2) is 4.11. The van der Waals surface area contributed by atoms with Gasteiger partial charge in [0.1, 0.15) is 0 Å². The van der Waals surface area contributed by atoms with Crippen LogP contribution in [0, 0.1) is 6.92 Å². The minimum absolute atomic E-state index is 0.820. The zero-order valence-corrected chi connectivity index (χ0v) is 9.40. The van der Waals surface area contributed by atoms with Crippen molar-refractivity contribution in [1.82, 2.24) is 4.98 Å². The number of halogens is 1. The molecule has 72 valence electrons. The monoisotopic (exact) mass is 223 g/mol. The Morgan fingerprint density at radius 1 is 1.36 bits per heavy atom. The predicted octanol–water partition coefficient (Wildman–Crippen LogP) is 3.70. The summed E-state index contributed by atoms with van der Waals surface area (Å²) in [5.41, 5.74) is 1.14. The van der Waals surface area contributed by atoms with E-state index in [9.17, 15) is 0 Å². The summed E-state index contributed by atoms with van der Waals surface area (Å²) in [4.78, 5) is 5.55. The Bertz CT molecular complexity index is 436. The first kappa shape index (κ1) is 9.69. The number of hydrogen-bond donors (Lipinski definition) is 0. The molecule has 14 heavy (non-hydrogen) atoms. The van der Waals surface area contributed by atoms with Gasteiger partial charge in [-0.15, -0.1) is 11.3 Å². The molecule has 0 aliphatic rings. The van der Waals surface area contributed by atoms with Crippen molar-refractivity contribution in [2.75, 3.05) is 0 Å². The second-order valence-electron chi connectivity index (χ2n) is 3.13. The fourth-order valence-electron chi connectivity index (χ4n) is 1.29. The maximum Gasteiger partial charge on any atom is 0.0971 e. The van der Waals surface area contributed by atoms with Gasteiger partial charge in [-0.25, -0.2) is 4.98 Å². The standard InChI is InChI=1S/C11H10ClNS/c1-8-7-13-11(14-8)6-9-4-2-3-5-10(9)12/h2-5,7H,6H2,1H3. The zero-order chi connectivity index (χ0) is 9.97. The fraction of sp³-hybridized carbons (Fsp3) is 0.182. The topological polar surface area (TPSA) is 12.9 Å². The first-order valence-corrected chi connectivity index (χ1v) is 5.60. The number of rotatable bonds is 2. The lowest BCUT2D eigenvalue weighted by molar-refractivity contribution is 1.14. The van der Waals surface area contributed by atoms with E-state index in [1.807, 2.05) is 30.5 Å². The molecule has 3 heteroatoms. The van der Waals surface area contributed by atoms with E-state index in [-0.39, 0.29) is 0 Å². The molecule has 0 spiro atoms. The highest BCUT2D eigenvalue weighted by Gasteiger charge is 2.03. The molecule has 2 rings (SSSR count). The molecule has 0 radical (unpaired) electrons. The van der Waals surface area contributed by atoms with Crippen LogP contribution in [-0.2, 0) is 6.42 Å². The minimum Gasteiger partial charge on any atom is -0.249 e. The maximum absolute atomic E-state index is 6.06. The van der Waals surface area contributed by atoms with Crippen LogP contribution in [0.25, 0.3) is 0 Å². The van der Waals surface area contributed by atoms with Gasteiger partial charge in [0.15, 0.2) is 0 Å². The van der Waals surface area contributed by atoms with Crippen LogP contribution in [0.2, 0.25) is 5.02 Å². The lowest BCUT2D eigenvalue weighted by Gasteiger charge is -1.99. The number of hydrogen-bond acceptors (Lipinski definition) is 2. The van der Waals surface area contributed by atoms with Crippen LogP contribution in [-0.4, -0.2) is 4.98 Å². The number of thiazole rings is 1. The van der Waals surface area contributed by atoms with Gasteiger partial charge in [0.25, 0.3) is 0 Å². The molecule has 0 saturated carbocycles. The quantitative estimate of drug-likeness (QED) is 0.757. The Morgan fingerprint density at radius 2 is 2.14 bits per heavy atom. The smallest absolute Gasteiger partial charge is 0.0971 e. The first-order valence-electron chi connectivity index (χ1n) is 4.40. The molecule has 0 saturated heterocycles. The average molecular weight is 224 g/mol. The lowest BCUT2D eigenvalue weighted by atomic mass is 10.2. The molecule has 0 aliphatic heterocycles. The highest BCUT2D eigenvalue weighted by molar-refractivity contribution is 7.11. The minimum atomic E-state index is 0.820. The molecule has 1 aromatic carbocycles. The third kappa shape index (κ3) is 2.14. The van der Waals surface area contributed by atoms with Crippen LogP contribution in [0.3, 0.4) is 0 Å². The molecular weight excluding hydrogens is 214 g/mol. The highest BCUT2D eigenvalue weighted by Crippen LogP contribution is 2.21. The summed E-state index contributed by atoms with van der Waals surface area (Å²) in [6, 6.07) is 7.90. The van der Waals surface area contributed by atoms with Gasteiger partial charge in [-0.1, -0.05) is 29.8 Å². The summed E-state index contributed by atoms with van der Waals surface area (Å²) in [6.07, 6.45) is 2.73. The molecule has 1 heterocycles. The normalized spacial score (nSPS) is 10.4. The van der Waals surface area contributed by atoms with Gasteiger partial charge in [0.05, 0.1) is 5.01 Å². The molecular formula is C11H10ClNS. The summed E-state index contributed by atoms with van der Waals surface area (Å²) in [6.45, 7) is 2.06. The van der Waals surface area contributed by atoms with Gasteiger partial charge in [0, 0.05) is 22.5 Å². The van der Waals surface area contributed by atoms with Crippen LogP contribution in [0.15, 0.2) is 30.5 Å². The van der Waals surface area contributed by atoms with Crippen molar-refractivity contribution in [2.45, 2.75) is 13.3 Å². The van der Waals surface area contributed by atoms with E-state index in [2.05, 4.69) is 11.9 Å². The molecule has 2 aromatic rings. The van der Waals surface area contributed by atoms with E-state index in [0.29, 0.717) is 0 Å². The molecule has 0 amide bonds. The third-order valence-corrected chi connectivity index (χ3v) is 3.25. The number of nitrogens with zero attached hydrogens (tertiary/aromatic N) is 1. The number of aryl methyl sites for hydroxylation is 1. The number of benzene rings is 1. The Labute approximate surface area is 92.4 Å². The van der Waals surface area contributed by atoms with Crippen LogP contribution in [0.4, 0.5) is 0 Å². The average Bonchev–Trinajstić information content (AvgIpc) is 2.56. The molecule has 0 aliphatic carbocycles. The molecule has 0 bridgehead atoms. The van der Waals surface area contributed by atoms with Crippen molar-refractivity contribution >= 4 is 22.9 Å². The summed E-state index contributed by atoms with van der Waals surface area (Å²) < 4.78 is 0. The summed E-state index contributed by atoms with van der Waals surface area (Å²) >= 11 is 7.78. The van der Waals surface area contributed by atoms with Crippen LogP contribution in [0.5, 0.6) is 0 Å². The molecule has 0 atom stereocenters. The third-order valence-electron chi connectivity index (χ3n) is 1.97. The van der Waals surface area contributed by atoms with Crippen LogP contribution < -0.4 is 0 Å². The first-order chi connectivity index (χ1) is 6.75. The van der Waals surface area contributed by atoms with Gasteiger partial charge >= 0.3 is 0 Å².